The zero-order chi connectivity index (χ0) is 13.1. The number of pyridine rings is 1. The maximum Gasteiger partial charge on any atom is 0.125 e. The molecular formula is C14H19N3S. The summed E-state index contributed by atoms with van der Waals surface area (Å²) in [6, 6.07) is 3.98. The van der Waals surface area contributed by atoms with E-state index >= 15 is 0 Å². The molecule has 0 radical (unpaired) electrons. The SMILES string of the molecule is Cc1nc(-c2cccnc2)sc1C(CN)C(C)C. The Labute approximate surface area is 112 Å². The van der Waals surface area contributed by atoms with Crippen LogP contribution in [0.5, 0.6) is 0 Å². The molecule has 96 valence electrons. The normalized spacial score (nSPS) is 12.9. The van der Waals surface area contributed by atoms with Crippen LogP contribution in [-0.2, 0) is 0 Å². The highest BCUT2D eigenvalue weighted by Crippen LogP contribution is 2.35. The lowest BCUT2D eigenvalue weighted by molar-refractivity contribution is 0.510. The summed E-state index contributed by atoms with van der Waals surface area (Å²) in [5.74, 6) is 0.934. The largest absolute Gasteiger partial charge is 0.330 e. The molecule has 0 saturated carbocycles. The standard InChI is InChI=1S/C14H19N3S/c1-9(2)12(7-15)13-10(3)17-14(18-13)11-5-4-6-16-8-11/h4-6,8-9,12H,7,15H2,1-3H3. The van der Waals surface area contributed by atoms with Crippen LogP contribution in [0.4, 0.5) is 0 Å². The minimum atomic E-state index is 0.396. The average Bonchev–Trinajstić information content (AvgIpc) is 2.73. The number of aryl methyl sites for hydroxylation is 1. The van der Waals surface area contributed by atoms with E-state index in [-0.39, 0.29) is 0 Å². The highest BCUT2D eigenvalue weighted by Gasteiger charge is 2.20. The van der Waals surface area contributed by atoms with Crippen molar-refractivity contribution in [1.29, 1.82) is 0 Å². The van der Waals surface area contributed by atoms with E-state index in [0.29, 0.717) is 18.4 Å². The van der Waals surface area contributed by atoms with Crippen LogP contribution in [0.3, 0.4) is 0 Å². The third kappa shape index (κ3) is 2.60. The van der Waals surface area contributed by atoms with Crippen molar-refractivity contribution in [1.82, 2.24) is 9.97 Å². The van der Waals surface area contributed by atoms with Crippen LogP contribution in [0.25, 0.3) is 10.6 Å². The van der Waals surface area contributed by atoms with Crippen molar-refractivity contribution < 1.29 is 0 Å². The van der Waals surface area contributed by atoms with Crippen molar-refractivity contribution in [3.05, 3.63) is 35.1 Å². The molecule has 2 N–H and O–H groups in total. The van der Waals surface area contributed by atoms with Gasteiger partial charge in [0.2, 0.25) is 0 Å². The number of nitrogens with zero attached hydrogens (tertiary/aromatic N) is 2. The molecule has 0 fully saturated rings. The van der Waals surface area contributed by atoms with Crippen molar-refractivity contribution >= 4 is 11.3 Å². The Morgan fingerprint density at radius 1 is 1.39 bits per heavy atom. The maximum absolute atomic E-state index is 5.89. The van der Waals surface area contributed by atoms with Crippen molar-refractivity contribution in [3.63, 3.8) is 0 Å². The van der Waals surface area contributed by atoms with Crippen LogP contribution in [-0.4, -0.2) is 16.5 Å². The van der Waals surface area contributed by atoms with Gasteiger partial charge in [-0.15, -0.1) is 11.3 Å². The van der Waals surface area contributed by atoms with Crippen LogP contribution in [0.1, 0.15) is 30.3 Å². The van der Waals surface area contributed by atoms with E-state index in [1.54, 1.807) is 17.5 Å². The lowest BCUT2D eigenvalue weighted by atomic mass is 9.93. The Bertz CT molecular complexity index is 505. The minimum Gasteiger partial charge on any atom is -0.330 e. The van der Waals surface area contributed by atoms with E-state index in [1.807, 2.05) is 18.3 Å². The summed E-state index contributed by atoms with van der Waals surface area (Å²) in [4.78, 5) is 10.1. The molecule has 18 heavy (non-hydrogen) atoms. The number of rotatable bonds is 4. The fraction of sp³-hybridized carbons (Fsp3) is 0.429. The monoisotopic (exact) mass is 261 g/mol. The molecule has 0 amide bonds. The first kappa shape index (κ1) is 13.2. The average molecular weight is 261 g/mol. The molecule has 0 aromatic carbocycles. The summed E-state index contributed by atoms with van der Waals surface area (Å²) in [6.07, 6.45) is 3.64. The van der Waals surface area contributed by atoms with E-state index < -0.39 is 0 Å². The van der Waals surface area contributed by atoms with Gasteiger partial charge in [0, 0.05) is 35.3 Å². The van der Waals surface area contributed by atoms with E-state index in [0.717, 1.165) is 16.3 Å². The maximum atomic E-state index is 5.89. The number of thiazole rings is 1. The van der Waals surface area contributed by atoms with Gasteiger partial charge < -0.3 is 5.73 Å². The number of hydrogen-bond donors (Lipinski definition) is 1. The zero-order valence-corrected chi connectivity index (χ0v) is 11.9. The molecule has 2 heterocycles. The molecule has 2 aromatic rings. The molecule has 2 rings (SSSR count). The first-order valence-electron chi connectivity index (χ1n) is 6.21. The Hall–Kier alpha value is -1.26. The van der Waals surface area contributed by atoms with E-state index in [9.17, 15) is 0 Å². The van der Waals surface area contributed by atoms with Gasteiger partial charge in [0.1, 0.15) is 5.01 Å². The first-order chi connectivity index (χ1) is 8.63. The second-order valence-electron chi connectivity index (χ2n) is 4.80. The van der Waals surface area contributed by atoms with Crippen molar-refractivity contribution in [2.45, 2.75) is 26.7 Å². The third-order valence-electron chi connectivity index (χ3n) is 3.14. The summed E-state index contributed by atoms with van der Waals surface area (Å²) < 4.78 is 0. The van der Waals surface area contributed by atoms with Crippen LogP contribution in [0.15, 0.2) is 24.5 Å². The topological polar surface area (TPSA) is 51.8 Å². The fourth-order valence-corrected chi connectivity index (χ4v) is 3.39. The molecule has 0 aliphatic rings. The molecule has 1 unspecified atom stereocenters. The van der Waals surface area contributed by atoms with Crippen molar-refractivity contribution in [3.8, 4) is 10.6 Å². The molecule has 0 spiro atoms. The van der Waals surface area contributed by atoms with Crippen LogP contribution >= 0.6 is 11.3 Å². The molecule has 3 nitrogen and oxygen atoms in total. The van der Waals surface area contributed by atoms with Gasteiger partial charge in [-0.2, -0.15) is 0 Å². The smallest absolute Gasteiger partial charge is 0.125 e. The van der Waals surface area contributed by atoms with Crippen molar-refractivity contribution in [2.24, 2.45) is 11.7 Å². The summed E-state index contributed by atoms with van der Waals surface area (Å²) >= 11 is 1.74. The number of nitrogens with two attached hydrogens (primary N) is 1. The predicted octanol–water partition coefficient (Wildman–Crippen LogP) is 3.21. The molecule has 0 saturated heterocycles. The van der Waals surface area contributed by atoms with Crippen LogP contribution in [0, 0.1) is 12.8 Å². The number of hydrogen-bond acceptors (Lipinski definition) is 4. The highest BCUT2D eigenvalue weighted by atomic mass is 32.1. The van der Waals surface area contributed by atoms with E-state index in [4.69, 9.17) is 5.73 Å². The van der Waals surface area contributed by atoms with Crippen LogP contribution in [0.2, 0.25) is 0 Å². The predicted molar refractivity (Wildman–Crippen MR) is 76.7 cm³/mol. The Morgan fingerprint density at radius 3 is 2.72 bits per heavy atom. The summed E-state index contributed by atoms with van der Waals surface area (Å²) in [6.45, 7) is 7.16. The number of aromatic nitrogens is 2. The van der Waals surface area contributed by atoms with Crippen molar-refractivity contribution in [2.75, 3.05) is 6.54 Å². The van der Waals surface area contributed by atoms with Gasteiger partial charge in [0.05, 0.1) is 5.69 Å². The molecule has 0 aliphatic carbocycles. The van der Waals surface area contributed by atoms with E-state index in [1.165, 1.54) is 4.88 Å². The van der Waals surface area contributed by atoms with Gasteiger partial charge in [-0.1, -0.05) is 13.8 Å². The van der Waals surface area contributed by atoms with Gasteiger partial charge in [-0.25, -0.2) is 4.98 Å². The van der Waals surface area contributed by atoms with Gasteiger partial charge in [-0.3, -0.25) is 4.98 Å². The molecule has 0 bridgehead atoms. The lowest BCUT2D eigenvalue weighted by Crippen LogP contribution is -2.17. The first-order valence-corrected chi connectivity index (χ1v) is 7.03. The molecule has 0 aliphatic heterocycles. The Morgan fingerprint density at radius 2 is 2.17 bits per heavy atom. The second-order valence-corrected chi connectivity index (χ2v) is 5.83. The highest BCUT2D eigenvalue weighted by molar-refractivity contribution is 7.15. The van der Waals surface area contributed by atoms with Gasteiger partial charge >= 0.3 is 0 Å². The van der Waals surface area contributed by atoms with E-state index in [2.05, 4.69) is 30.7 Å². The summed E-state index contributed by atoms with van der Waals surface area (Å²) in [5, 5.41) is 1.04. The minimum absolute atomic E-state index is 0.396. The lowest BCUT2D eigenvalue weighted by Gasteiger charge is -2.17. The quantitative estimate of drug-likeness (QED) is 0.919. The molecule has 2 aromatic heterocycles. The van der Waals surface area contributed by atoms with Gasteiger partial charge in [-0.05, 0) is 25.0 Å². The van der Waals surface area contributed by atoms with Gasteiger partial charge in [0.25, 0.3) is 0 Å². The third-order valence-corrected chi connectivity index (χ3v) is 4.47. The van der Waals surface area contributed by atoms with Crippen LogP contribution < -0.4 is 5.73 Å². The Kier molecular flexibility index (Phi) is 4.09. The molecular weight excluding hydrogens is 242 g/mol. The summed E-state index contributed by atoms with van der Waals surface area (Å²) in [7, 11) is 0. The zero-order valence-electron chi connectivity index (χ0n) is 11.1. The fourth-order valence-electron chi connectivity index (χ4n) is 2.05. The summed E-state index contributed by atoms with van der Waals surface area (Å²) in [5.41, 5.74) is 8.07. The second kappa shape index (κ2) is 5.59. The van der Waals surface area contributed by atoms with Gasteiger partial charge in [0.15, 0.2) is 0 Å². The molecule has 4 heteroatoms. The Balaban J connectivity index is 2.38. The molecule has 1 atom stereocenters.